The van der Waals surface area contributed by atoms with Crippen molar-refractivity contribution >= 4 is 21.9 Å². The second kappa shape index (κ2) is 4.80. The number of methoxy groups -OCH3 is 1. The summed E-state index contributed by atoms with van der Waals surface area (Å²) in [5.41, 5.74) is 0.699. The molecule has 3 heterocycles. The predicted octanol–water partition coefficient (Wildman–Crippen LogP) is 2.59. The molecule has 1 fully saturated rings. The smallest absolute Gasteiger partial charge is 0.208 e. The van der Waals surface area contributed by atoms with E-state index < -0.39 is 11.7 Å². The first-order valence-corrected chi connectivity index (χ1v) is 7.91. The minimum absolute atomic E-state index is 0.0346. The Labute approximate surface area is 141 Å². The Kier molecular flexibility index (Phi) is 2.77. The van der Waals surface area contributed by atoms with Gasteiger partial charge >= 0.3 is 0 Å². The van der Waals surface area contributed by atoms with E-state index in [-0.39, 0.29) is 45.3 Å². The van der Waals surface area contributed by atoms with Crippen LogP contribution in [0.25, 0.3) is 21.9 Å². The van der Waals surface area contributed by atoms with Crippen molar-refractivity contribution in [2.75, 3.05) is 13.7 Å². The Bertz CT molecular complexity index is 1100. The molecule has 0 bridgehead atoms. The third-order valence-corrected chi connectivity index (χ3v) is 4.89. The molecule has 0 spiro atoms. The number of hydrogen-bond acceptors (Lipinski definition) is 7. The fourth-order valence-electron chi connectivity index (χ4n) is 3.80. The van der Waals surface area contributed by atoms with E-state index in [1.165, 1.54) is 13.2 Å². The number of hydrogen-bond donors (Lipinski definition) is 2. The summed E-state index contributed by atoms with van der Waals surface area (Å²) in [6.07, 6.45) is 0.182. The largest absolute Gasteiger partial charge is 0.507 e. The van der Waals surface area contributed by atoms with Crippen molar-refractivity contribution in [1.29, 1.82) is 0 Å². The molecule has 1 saturated heterocycles. The van der Waals surface area contributed by atoms with Gasteiger partial charge in [0.1, 0.15) is 27.7 Å². The van der Waals surface area contributed by atoms with Crippen LogP contribution in [0.15, 0.2) is 27.4 Å². The van der Waals surface area contributed by atoms with Crippen LogP contribution in [0.2, 0.25) is 0 Å². The van der Waals surface area contributed by atoms with Crippen LogP contribution >= 0.6 is 0 Å². The molecule has 128 valence electrons. The summed E-state index contributed by atoms with van der Waals surface area (Å²) < 4.78 is 22.5. The summed E-state index contributed by atoms with van der Waals surface area (Å²) in [4.78, 5) is 13.0. The molecule has 25 heavy (non-hydrogen) atoms. The van der Waals surface area contributed by atoms with Gasteiger partial charge in [0.15, 0.2) is 11.5 Å². The van der Waals surface area contributed by atoms with Crippen LogP contribution in [-0.4, -0.2) is 30.2 Å². The van der Waals surface area contributed by atoms with Crippen molar-refractivity contribution in [3.05, 3.63) is 34.0 Å². The standard InChI is InChI=1S/C18H14O7/c1-22-16-12-13(20)11-8(19)3-2-4-9(11)24-15(12)10-7-5-6-23-18(7)25-17(10)14(16)21/h2-4,7,18-19,21H,5-6H2,1H3/t7-,18+/m0/s1. The number of ether oxygens (including phenoxy) is 3. The summed E-state index contributed by atoms with van der Waals surface area (Å²) in [6, 6.07) is 4.62. The first-order valence-electron chi connectivity index (χ1n) is 7.91. The van der Waals surface area contributed by atoms with E-state index in [0.29, 0.717) is 24.2 Å². The van der Waals surface area contributed by atoms with E-state index in [1.54, 1.807) is 12.1 Å². The number of benzene rings is 2. The van der Waals surface area contributed by atoms with Crippen molar-refractivity contribution in [3.63, 3.8) is 0 Å². The van der Waals surface area contributed by atoms with E-state index >= 15 is 0 Å². The number of rotatable bonds is 1. The maximum Gasteiger partial charge on any atom is 0.208 e. The van der Waals surface area contributed by atoms with Gasteiger partial charge in [-0.05, 0) is 18.6 Å². The molecule has 2 aliphatic heterocycles. The van der Waals surface area contributed by atoms with Gasteiger partial charge in [-0.2, -0.15) is 0 Å². The molecule has 1 aromatic heterocycles. The van der Waals surface area contributed by atoms with Gasteiger partial charge in [-0.1, -0.05) is 6.07 Å². The van der Waals surface area contributed by atoms with Crippen LogP contribution < -0.4 is 14.9 Å². The van der Waals surface area contributed by atoms with E-state index in [0.717, 1.165) is 0 Å². The Morgan fingerprint density at radius 2 is 2.08 bits per heavy atom. The van der Waals surface area contributed by atoms with Gasteiger partial charge < -0.3 is 28.8 Å². The quantitative estimate of drug-likeness (QED) is 0.656. The maximum atomic E-state index is 13.0. The first-order chi connectivity index (χ1) is 12.1. The SMILES string of the molecule is COc1c(O)c2c(c3oc4cccc(O)c4c(=O)c13)[C@@H]1CCO[C@@H]1O2. The molecule has 0 radical (unpaired) electrons. The number of phenols is 2. The Hall–Kier alpha value is -2.93. The summed E-state index contributed by atoms with van der Waals surface area (Å²) in [5, 5.41) is 20.8. The van der Waals surface area contributed by atoms with Crippen LogP contribution in [0.1, 0.15) is 17.9 Å². The highest BCUT2D eigenvalue weighted by Crippen LogP contribution is 2.55. The van der Waals surface area contributed by atoms with Gasteiger partial charge in [0.2, 0.25) is 17.5 Å². The van der Waals surface area contributed by atoms with E-state index in [1.807, 2.05) is 0 Å². The van der Waals surface area contributed by atoms with Crippen molar-refractivity contribution in [3.8, 4) is 23.0 Å². The molecule has 0 aliphatic carbocycles. The van der Waals surface area contributed by atoms with E-state index in [2.05, 4.69) is 0 Å². The van der Waals surface area contributed by atoms with Crippen molar-refractivity contribution < 1.29 is 28.8 Å². The van der Waals surface area contributed by atoms with Crippen molar-refractivity contribution in [1.82, 2.24) is 0 Å². The molecule has 2 aliphatic rings. The monoisotopic (exact) mass is 342 g/mol. The fourth-order valence-corrected chi connectivity index (χ4v) is 3.80. The zero-order valence-electron chi connectivity index (χ0n) is 13.2. The molecular formula is C18H14O7. The van der Waals surface area contributed by atoms with Gasteiger partial charge in [-0.25, -0.2) is 0 Å². The van der Waals surface area contributed by atoms with Crippen LogP contribution in [0, 0.1) is 0 Å². The zero-order valence-corrected chi connectivity index (χ0v) is 13.2. The van der Waals surface area contributed by atoms with E-state index in [4.69, 9.17) is 18.6 Å². The Balaban J connectivity index is 2.02. The van der Waals surface area contributed by atoms with Crippen LogP contribution in [0.5, 0.6) is 23.0 Å². The second-order valence-corrected chi connectivity index (χ2v) is 6.16. The normalized spacial score (nSPS) is 21.3. The van der Waals surface area contributed by atoms with Crippen LogP contribution in [0.3, 0.4) is 0 Å². The molecule has 2 N–H and O–H groups in total. The molecule has 7 heteroatoms. The lowest BCUT2D eigenvalue weighted by atomic mass is 9.95. The molecule has 2 atom stereocenters. The van der Waals surface area contributed by atoms with Gasteiger partial charge in [0.05, 0.1) is 25.2 Å². The van der Waals surface area contributed by atoms with Gasteiger partial charge in [0, 0.05) is 0 Å². The van der Waals surface area contributed by atoms with Crippen LogP contribution in [-0.2, 0) is 4.74 Å². The minimum Gasteiger partial charge on any atom is -0.507 e. The molecule has 0 amide bonds. The lowest BCUT2D eigenvalue weighted by Gasteiger charge is -2.14. The average molecular weight is 342 g/mol. The highest BCUT2D eigenvalue weighted by Gasteiger charge is 2.44. The lowest BCUT2D eigenvalue weighted by molar-refractivity contribution is -0.0348. The molecule has 2 aromatic carbocycles. The Morgan fingerprint density at radius 3 is 2.88 bits per heavy atom. The molecule has 7 nitrogen and oxygen atoms in total. The molecule has 5 rings (SSSR count). The highest BCUT2D eigenvalue weighted by atomic mass is 16.7. The average Bonchev–Trinajstić information content (AvgIpc) is 3.17. The Morgan fingerprint density at radius 1 is 1.24 bits per heavy atom. The van der Waals surface area contributed by atoms with E-state index in [9.17, 15) is 15.0 Å². The highest BCUT2D eigenvalue weighted by molar-refractivity contribution is 6.00. The summed E-state index contributed by atoms with van der Waals surface area (Å²) in [6.45, 7) is 0.529. The minimum atomic E-state index is -0.513. The topological polar surface area (TPSA) is 98.4 Å². The number of fused-ring (bicyclic) bond motifs is 6. The van der Waals surface area contributed by atoms with Gasteiger partial charge in [0.25, 0.3) is 0 Å². The predicted molar refractivity (Wildman–Crippen MR) is 87.6 cm³/mol. The molecular weight excluding hydrogens is 328 g/mol. The van der Waals surface area contributed by atoms with Gasteiger partial charge in [-0.15, -0.1) is 0 Å². The third kappa shape index (κ3) is 1.70. The van der Waals surface area contributed by atoms with Crippen molar-refractivity contribution in [2.45, 2.75) is 18.6 Å². The first kappa shape index (κ1) is 14.4. The lowest BCUT2D eigenvalue weighted by Crippen LogP contribution is -2.13. The zero-order chi connectivity index (χ0) is 17.3. The molecule has 3 aromatic rings. The van der Waals surface area contributed by atoms with Crippen molar-refractivity contribution in [2.24, 2.45) is 0 Å². The van der Waals surface area contributed by atoms with Gasteiger partial charge in [-0.3, -0.25) is 4.79 Å². The number of phenolic OH excluding ortho intramolecular Hbond substituents is 2. The number of aromatic hydroxyl groups is 2. The van der Waals surface area contributed by atoms with Crippen LogP contribution in [0.4, 0.5) is 0 Å². The second-order valence-electron chi connectivity index (χ2n) is 6.16. The summed E-state index contributed by atoms with van der Waals surface area (Å²) in [5.74, 6) is -0.389. The fraction of sp³-hybridized carbons (Fsp3) is 0.278. The molecule has 0 saturated carbocycles. The summed E-state index contributed by atoms with van der Waals surface area (Å²) >= 11 is 0. The summed E-state index contributed by atoms with van der Waals surface area (Å²) in [7, 11) is 1.35. The molecule has 0 unspecified atom stereocenters. The maximum absolute atomic E-state index is 13.0. The third-order valence-electron chi connectivity index (χ3n) is 4.89.